The predicted octanol–water partition coefficient (Wildman–Crippen LogP) is 3.09. The molecule has 0 aliphatic heterocycles. The lowest BCUT2D eigenvalue weighted by Gasteiger charge is -1.92. The van der Waals surface area contributed by atoms with Gasteiger partial charge in [-0.25, -0.2) is 0 Å². The molecule has 0 aromatic carbocycles. The molecular weight excluding hydrogens is 204 g/mol. The summed E-state index contributed by atoms with van der Waals surface area (Å²) >= 11 is 3.31. The zero-order chi connectivity index (χ0) is 8.36. The minimum Gasteiger partial charge on any atom is -0.303 e. The van der Waals surface area contributed by atoms with Crippen LogP contribution in [0.1, 0.15) is 32.1 Å². The number of rotatable bonds is 7. The van der Waals surface area contributed by atoms with Crippen molar-refractivity contribution >= 4 is 22.2 Å². The van der Waals surface area contributed by atoms with Crippen molar-refractivity contribution in [2.24, 2.45) is 0 Å². The third kappa shape index (κ3) is 9.89. The van der Waals surface area contributed by atoms with Crippen LogP contribution in [0.3, 0.4) is 0 Å². The molecule has 0 saturated carbocycles. The molecule has 0 aromatic heterocycles. The quantitative estimate of drug-likeness (QED) is 0.278. The maximum atomic E-state index is 9.92. The lowest BCUT2D eigenvalue weighted by Crippen LogP contribution is -1.77. The van der Waals surface area contributed by atoms with Crippen molar-refractivity contribution < 1.29 is 4.79 Å². The first-order chi connectivity index (χ1) is 5.41. The predicted molar refractivity (Wildman–Crippen MR) is 52.1 cm³/mol. The van der Waals surface area contributed by atoms with E-state index < -0.39 is 0 Å². The van der Waals surface area contributed by atoms with E-state index in [1.807, 2.05) is 0 Å². The number of hydrogen-bond acceptors (Lipinski definition) is 1. The minimum atomic E-state index is 0.724. The lowest BCUT2D eigenvalue weighted by molar-refractivity contribution is -0.107. The van der Waals surface area contributed by atoms with Gasteiger partial charge >= 0.3 is 0 Å². The number of unbranched alkanes of at least 4 members (excludes halogenated alkanes) is 4. The van der Waals surface area contributed by atoms with Gasteiger partial charge in [0.25, 0.3) is 0 Å². The molecule has 0 aromatic rings. The van der Waals surface area contributed by atoms with Gasteiger partial charge in [0.2, 0.25) is 0 Å². The van der Waals surface area contributed by atoms with E-state index in [1.54, 1.807) is 0 Å². The molecule has 0 spiro atoms. The van der Waals surface area contributed by atoms with E-state index in [2.05, 4.69) is 28.1 Å². The topological polar surface area (TPSA) is 17.1 Å². The third-order valence-electron chi connectivity index (χ3n) is 1.45. The molecule has 64 valence electrons. The van der Waals surface area contributed by atoms with Crippen molar-refractivity contribution in [2.75, 3.05) is 5.33 Å². The van der Waals surface area contributed by atoms with E-state index in [0.717, 1.165) is 30.9 Å². The molecule has 0 aliphatic rings. The second kappa shape index (κ2) is 9.89. The van der Waals surface area contributed by atoms with E-state index in [9.17, 15) is 4.79 Å². The number of carbonyl (C=O) groups is 1. The minimum absolute atomic E-state index is 0.724. The van der Waals surface area contributed by atoms with Crippen LogP contribution in [0.15, 0.2) is 12.2 Å². The fraction of sp³-hybridized carbons (Fsp3) is 0.667. The molecule has 0 fully saturated rings. The highest BCUT2D eigenvalue weighted by molar-refractivity contribution is 9.09. The molecule has 0 unspecified atom stereocenters. The normalized spacial score (nSPS) is 10.6. The second-order valence-electron chi connectivity index (χ2n) is 2.43. The van der Waals surface area contributed by atoms with Gasteiger partial charge < -0.3 is 4.79 Å². The summed E-state index contributed by atoms with van der Waals surface area (Å²) in [5.41, 5.74) is 0. The summed E-state index contributed by atoms with van der Waals surface area (Å²) in [4.78, 5) is 9.92. The van der Waals surface area contributed by atoms with Gasteiger partial charge in [-0.05, 0) is 19.3 Å². The Balaban J connectivity index is 2.90. The molecule has 0 N–H and O–H groups in total. The van der Waals surface area contributed by atoms with Crippen molar-refractivity contribution in [3.63, 3.8) is 0 Å². The van der Waals surface area contributed by atoms with E-state index in [0.29, 0.717) is 0 Å². The summed E-state index contributed by atoms with van der Waals surface area (Å²) in [6.45, 7) is 0. The molecule has 11 heavy (non-hydrogen) atoms. The van der Waals surface area contributed by atoms with Gasteiger partial charge in [0.05, 0.1) is 0 Å². The zero-order valence-corrected chi connectivity index (χ0v) is 8.35. The van der Waals surface area contributed by atoms with Crippen LogP contribution in [-0.2, 0) is 4.79 Å². The Morgan fingerprint density at radius 2 is 1.73 bits per heavy atom. The Labute approximate surface area is 77.0 Å². The van der Waals surface area contributed by atoms with Crippen molar-refractivity contribution in [1.29, 1.82) is 0 Å². The average molecular weight is 219 g/mol. The van der Waals surface area contributed by atoms with Crippen molar-refractivity contribution in [3.8, 4) is 0 Å². The molecule has 1 nitrogen and oxygen atoms in total. The largest absolute Gasteiger partial charge is 0.303 e. The van der Waals surface area contributed by atoms with E-state index in [-0.39, 0.29) is 0 Å². The first-order valence-electron chi connectivity index (χ1n) is 4.06. The van der Waals surface area contributed by atoms with E-state index >= 15 is 0 Å². The summed E-state index contributed by atoms with van der Waals surface area (Å²) in [5.74, 6) is 0. The summed E-state index contributed by atoms with van der Waals surface area (Å²) < 4.78 is 0. The number of halogens is 1. The summed E-state index contributed by atoms with van der Waals surface area (Å²) in [5, 5.41) is 0.946. The molecule has 2 heteroatoms. The Kier molecular flexibility index (Phi) is 9.79. The number of allylic oxidation sites excluding steroid dienone is 2. The van der Waals surface area contributed by atoms with Gasteiger partial charge in [0.15, 0.2) is 0 Å². The smallest absolute Gasteiger partial charge is 0.119 e. The van der Waals surface area contributed by atoms with Crippen LogP contribution >= 0.6 is 15.9 Å². The number of carbonyl (C=O) groups excluding carboxylic acids is 1. The maximum Gasteiger partial charge on any atom is 0.119 e. The van der Waals surface area contributed by atoms with Crippen LogP contribution in [0.25, 0.3) is 0 Å². The van der Waals surface area contributed by atoms with Crippen LogP contribution in [0.5, 0.6) is 0 Å². The van der Waals surface area contributed by atoms with Crippen LogP contribution in [0.4, 0.5) is 0 Å². The van der Waals surface area contributed by atoms with Gasteiger partial charge in [-0.3, -0.25) is 0 Å². The van der Waals surface area contributed by atoms with Gasteiger partial charge in [-0.15, -0.1) is 0 Å². The average Bonchev–Trinajstić information content (AvgIpc) is 2.03. The van der Waals surface area contributed by atoms with E-state index in [4.69, 9.17) is 0 Å². The summed E-state index contributed by atoms with van der Waals surface area (Å²) in [7, 11) is 0. The Morgan fingerprint density at radius 1 is 1.00 bits per heavy atom. The first-order valence-corrected chi connectivity index (χ1v) is 5.18. The molecule has 0 heterocycles. The van der Waals surface area contributed by atoms with Crippen LogP contribution in [0.2, 0.25) is 0 Å². The molecule has 0 radical (unpaired) electrons. The summed E-state index contributed by atoms with van der Waals surface area (Å²) in [6.07, 6.45) is 10.6. The highest BCUT2D eigenvalue weighted by atomic mass is 79.9. The van der Waals surface area contributed by atoms with Crippen LogP contribution in [-0.4, -0.2) is 11.6 Å². The second-order valence-corrected chi connectivity index (χ2v) is 3.08. The molecule has 0 amide bonds. The monoisotopic (exact) mass is 218 g/mol. The first kappa shape index (κ1) is 10.9. The van der Waals surface area contributed by atoms with Gasteiger partial charge in [-0.2, -0.15) is 0 Å². The fourth-order valence-electron chi connectivity index (χ4n) is 0.847. The molecule has 0 bridgehead atoms. The van der Waals surface area contributed by atoms with Crippen LogP contribution in [0, 0.1) is 0 Å². The number of hydrogen-bond donors (Lipinski definition) is 0. The molecule has 0 rings (SSSR count). The lowest BCUT2D eigenvalue weighted by atomic mass is 10.1. The van der Waals surface area contributed by atoms with E-state index in [1.165, 1.54) is 12.8 Å². The Bertz CT molecular complexity index is 110. The van der Waals surface area contributed by atoms with Gasteiger partial charge in [-0.1, -0.05) is 34.5 Å². The van der Waals surface area contributed by atoms with Crippen molar-refractivity contribution in [3.05, 3.63) is 12.2 Å². The molecular formula is C9H15BrO. The molecule has 0 atom stereocenters. The number of aldehydes is 1. The number of alkyl halides is 1. The SMILES string of the molecule is O=CCCCCC/C=C/CBr. The van der Waals surface area contributed by atoms with Gasteiger partial charge in [0.1, 0.15) is 6.29 Å². The van der Waals surface area contributed by atoms with Crippen LogP contribution < -0.4 is 0 Å². The Morgan fingerprint density at radius 3 is 2.36 bits per heavy atom. The van der Waals surface area contributed by atoms with Gasteiger partial charge in [0, 0.05) is 11.8 Å². The van der Waals surface area contributed by atoms with Crippen molar-refractivity contribution in [1.82, 2.24) is 0 Å². The molecule has 0 saturated heterocycles. The fourth-order valence-corrected chi connectivity index (χ4v) is 1.11. The highest BCUT2D eigenvalue weighted by Crippen LogP contribution is 2.02. The molecule has 0 aliphatic carbocycles. The summed E-state index contributed by atoms with van der Waals surface area (Å²) in [6, 6.07) is 0. The zero-order valence-electron chi connectivity index (χ0n) is 6.76. The van der Waals surface area contributed by atoms with Crippen molar-refractivity contribution in [2.45, 2.75) is 32.1 Å². The highest BCUT2D eigenvalue weighted by Gasteiger charge is 1.85. The Hall–Kier alpha value is -0.110. The maximum absolute atomic E-state index is 9.92. The third-order valence-corrected chi connectivity index (χ3v) is 1.82. The standard InChI is InChI=1S/C9H15BrO/c10-8-6-4-2-1-3-5-7-9-11/h4,6,9H,1-3,5,7-8H2/b6-4+.